The van der Waals surface area contributed by atoms with Crippen LogP contribution in [0.15, 0.2) is 30.3 Å². The number of hydrogen-bond acceptors (Lipinski definition) is 2. The van der Waals surface area contributed by atoms with Crippen LogP contribution in [0.2, 0.25) is 0 Å². The fourth-order valence-electron chi connectivity index (χ4n) is 1.81. The zero-order valence-corrected chi connectivity index (χ0v) is 11.4. The number of hydrogen-bond donors (Lipinski definition) is 1. The fraction of sp³-hybridized carbons (Fsp3) is 0.286. The number of benzene rings is 1. The zero-order chi connectivity index (χ0) is 14.9. The van der Waals surface area contributed by atoms with Crippen LogP contribution in [0.5, 0.6) is 0 Å². The van der Waals surface area contributed by atoms with Gasteiger partial charge in [-0.2, -0.15) is 13.2 Å². The van der Waals surface area contributed by atoms with Gasteiger partial charge in [0.1, 0.15) is 11.9 Å². The van der Waals surface area contributed by atoms with Crippen LogP contribution in [0.1, 0.15) is 33.9 Å². The molecule has 0 aliphatic heterocycles. The first-order chi connectivity index (χ1) is 9.32. The highest BCUT2D eigenvalue weighted by molar-refractivity contribution is 7.12. The molecule has 1 heterocycles. The van der Waals surface area contributed by atoms with Crippen LogP contribution in [0.4, 0.5) is 17.6 Å². The lowest BCUT2D eigenvalue weighted by Crippen LogP contribution is -2.08. The van der Waals surface area contributed by atoms with Crippen LogP contribution in [0, 0.1) is 5.82 Å². The fourth-order valence-corrected chi connectivity index (χ4v) is 2.77. The van der Waals surface area contributed by atoms with E-state index in [0.29, 0.717) is 17.0 Å². The lowest BCUT2D eigenvalue weighted by atomic mass is 10.0. The Bertz CT molecular complexity index is 603. The lowest BCUT2D eigenvalue weighted by molar-refractivity contribution is -0.137. The lowest BCUT2D eigenvalue weighted by Gasteiger charge is -2.13. The molecular weight excluding hydrogens is 292 g/mol. The van der Waals surface area contributed by atoms with E-state index >= 15 is 0 Å². The molecule has 1 unspecified atom stereocenters. The molecule has 1 aromatic carbocycles. The second-order valence-corrected chi connectivity index (χ2v) is 5.49. The van der Waals surface area contributed by atoms with E-state index in [2.05, 4.69) is 0 Å². The second kappa shape index (κ2) is 5.54. The molecule has 6 heteroatoms. The van der Waals surface area contributed by atoms with Crippen molar-refractivity contribution >= 4 is 11.3 Å². The maximum Gasteiger partial charge on any atom is 0.416 e. The van der Waals surface area contributed by atoms with Crippen molar-refractivity contribution in [2.24, 2.45) is 0 Å². The first-order valence-electron chi connectivity index (χ1n) is 5.96. The van der Waals surface area contributed by atoms with Crippen LogP contribution in [0.25, 0.3) is 0 Å². The number of aliphatic hydroxyl groups is 1. The van der Waals surface area contributed by atoms with Gasteiger partial charge in [-0.25, -0.2) is 4.39 Å². The van der Waals surface area contributed by atoms with Gasteiger partial charge in [0, 0.05) is 15.3 Å². The van der Waals surface area contributed by atoms with Gasteiger partial charge in [-0.05, 0) is 36.8 Å². The standard InChI is InChI=1S/C14H12F4OS/c1-2-9-4-6-12(20-9)13(19)10-7-8(14(16,17)18)3-5-11(10)15/h3-7,13,19H,2H2,1H3. The molecule has 1 nitrogen and oxygen atoms in total. The van der Waals surface area contributed by atoms with E-state index in [1.807, 2.05) is 6.92 Å². The van der Waals surface area contributed by atoms with Crippen molar-refractivity contribution in [3.63, 3.8) is 0 Å². The van der Waals surface area contributed by atoms with E-state index < -0.39 is 23.7 Å². The normalized spacial score (nSPS) is 13.5. The summed E-state index contributed by atoms with van der Waals surface area (Å²) >= 11 is 1.26. The highest BCUT2D eigenvalue weighted by Crippen LogP contribution is 2.35. The van der Waals surface area contributed by atoms with Crippen molar-refractivity contribution in [1.29, 1.82) is 0 Å². The SMILES string of the molecule is CCc1ccc(C(O)c2cc(C(F)(F)F)ccc2F)s1. The molecule has 0 saturated heterocycles. The van der Waals surface area contributed by atoms with E-state index in [9.17, 15) is 22.7 Å². The molecule has 2 rings (SSSR count). The van der Waals surface area contributed by atoms with Crippen LogP contribution in [-0.2, 0) is 12.6 Å². The van der Waals surface area contributed by atoms with Gasteiger partial charge >= 0.3 is 6.18 Å². The van der Waals surface area contributed by atoms with E-state index in [1.54, 1.807) is 12.1 Å². The van der Waals surface area contributed by atoms with Gasteiger partial charge in [-0.1, -0.05) is 6.92 Å². The monoisotopic (exact) mass is 304 g/mol. The van der Waals surface area contributed by atoms with Gasteiger partial charge in [-0.15, -0.1) is 11.3 Å². The average Bonchev–Trinajstić information content (AvgIpc) is 2.86. The molecule has 0 aliphatic carbocycles. The number of rotatable bonds is 3. The van der Waals surface area contributed by atoms with Gasteiger partial charge in [-0.3, -0.25) is 0 Å². The molecule has 0 bridgehead atoms. The summed E-state index contributed by atoms with van der Waals surface area (Å²) in [5, 5.41) is 10.1. The third-order valence-corrected chi connectivity index (χ3v) is 4.20. The van der Waals surface area contributed by atoms with Crippen molar-refractivity contribution in [1.82, 2.24) is 0 Å². The minimum atomic E-state index is -4.56. The minimum absolute atomic E-state index is 0.357. The molecule has 0 spiro atoms. The predicted molar refractivity (Wildman–Crippen MR) is 69.2 cm³/mol. The Morgan fingerprint density at radius 3 is 2.45 bits per heavy atom. The highest BCUT2D eigenvalue weighted by Gasteiger charge is 2.32. The molecule has 0 aliphatic rings. The Balaban J connectivity index is 2.40. The van der Waals surface area contributed by atoms with E-state index in [1.165, 1.54) is 11.3 Å². The quantitative estimate of drug-likeness (QED) is 0.825. The minimum Gasteiger partial charge on any atom is -0.383 e. The first-order valence-corrected chi connectivity index (χ1v) is 6.78. The topological polar surface area (TPSA) is 20.2 Å². The molecule has 0 amide bonds. The number of aryl methyl sites for hydroxylation is 1. The molecule has 1 N–H and O–H groups in total. The summed E-state index contributed by atoms with van der Waals surface area (Å²) in [6.07, 6.45) is -5.20. The summed E-state index contributed by atoms with van der Waals surface area (Å²) < 4.78 is 51.5. The number of thiophene rings is 1. The third-order valence-electron chi connectivity index (χ3n) is 2.92. The Labute approximate surface area is 117 Å². The summed E-state index contributed by atoms with van der Waals surface area (Å²) in [5.74, 6) is -0.850. The highest BCUT2D eigenvalue weighted by atomic mass is 32.1. The number of aliphatic hydroxyl groups excluding tert-OH is 1. The predicted octanol–water partition coefficient (Wildman–Crippen LogP) is 4.55. The molecular formula is C14H12F4OS. The molecule has 0 saturated carbocycles. The largest absolute Gasteiger partial charge is 0.416 e. The zero-order valence-electron chi connectivity index (χ0n) is 10.5. The van der Waals surface area contributed by atoms with Gasteiger partial charge < -0.3 is 5.11 Å². The van der Waals surface area contributed by atoms with Gasteiger partial charge in [0.2, 0.25) is 0 Å². The molecule has 1 aromatic heterocycles. The van der Waals surface area contributed by atoms with Gasteiger partial charge in [0.05, 0.1) is 5.56 Å². The van der Waals surface area contributed by atoms with Crippen LogP contribution < -0.4 is 0 Å². The van der Waals surface area contributed by atoms with Gasteiger partial charge in [0.15, 0.2) is 0 Å². The van der Waals surface area contributed by atoms with E-state index in [-0.39, 0.29) is 5.56 Å². The summed E-state index contributed by atoms with van der Waals surface area (Å²) in [5.41, 5.74) is -1.33. The van der Waals surface area contributed by atoms with Crippen molar-refractivity contribution in [3.8, 4) is 0 Å². The van der Waals surface area contributed by atoms with Crippen molar-refractivity contribution in [3.05, 3.63) is 57.0 Å². The smallest absolute Gasteiger partial charge is 0.383 e. The maximum atomic E-state index is 13.7. The summed E-state index contributed by atoms with van der Waals surface area (Å²) in [7, 11) is 0. The Morgan fingerprint density at radius 2 is 1.90 bits per heavy atom. The Kier molecular flexibility index (Phi) is 4.15. The molecule has 1 atom stereocenters. The number of alkyl halides is 3. The van der Waals surface area contributed by atoms with E-state index in [4.69, 9.17) is 0 Å². The van der Waals surface area contributed by atoms with Crippen molar-refractivity contribution in [2.45, 2.75) is 25.6 Å². The summed E-state index contributed by atoms with van der Waals surface area (Å²) in [6, 6.07) is 5.43. The molecule has 0 radical (unpaired) electrons. The summed E-state index contributed by atoms with van der Waals surface area (Å²) in [4.78, 5) is 1.41. The molecule has 20 heavy (non-hydrogen) atoms. The maximum absolute atomic E-state index is 13.7. The summed E-state index contributed by atoms with van der Waals surface area (Å²) in [6.45, 7) is 1.92. The number of halogens is 4. The Morgan fingerprint density at radius 1 is 1.20 bits per heavy atom. The van der Waals surface area contributed by atoms with Gasteiger partial charge in [0.25, 0.3) is 0 Å². The first kappa shape index (κ1) is 15.0. The molecule has 2 aromatic rings. The van der Waals surface area contributed by atoms with Crippen molar-refractivity contribution in [2.75, 3.05) is 0 Å². The Hall–Kier alpha value is -1.40. The third kappa shape index (κ3) is 3.02. The van der Waals surface area contributed by atoms with Crippen molar-refractivity contribution < 1.29 is 22.7 Å². The average molecular weight is 304 g/mol. The second-order valence-electron chi connectivity index (χ2n) is 4.29. The van der Waals surface area contributed by atoms with E-state index in [0.717, 1.165) is 17.4 Å². The molecule has 108 valence electrons. The van der Waals surface area contributed by atoms with Crippen LogP contribution >= 0.6 is 11.3 Å². The van der Waals surface area contributed by atoms with Crippen LogP contribution in [-0.4, -0.2) is 5.11 Å². The molecule has 0 fully saturated rings. The van der Waals surface area contributed by atoms with Crippen LogP contribution in [0.3, 0.4) is 0 Å².